The quantitative estimate of drug-likeness (QED) is 0.446. The van der Waals surface area contributed by atoms with Crippen molar-refractivity contribution in [3.63, 3.8) is 0 Å². The maximum absolute atomic E-state index is 13.2. The van der Waals surface area contributed by atoms with E-state index < -0.39 is 12.0 Å². The number of halogens is 3. The van der Waals surface area contributed by atoms with Crippen molar-refractivity contribution in [1.29, 1.82) is 0 Å². The van der Waals surface area contributed by atoms with Gasteiger partial charge in [-0.25, -0.2) is 15.0 Å². The Balaban J connectivity index is 1.35. The van der Waals surface area contributed by atoms with Crippen LogP contribution in [0.25, 0.3) is 16.8 Å². The zero-order valence-electron chi connectivity index (χ0n) is 17.1. The molecular formula is C18H19F3N10O. The summed E-state index contributed by atoms with van der Waals surface area (Å²) in [5, 5.41) is 10.9. The molecule has 14 heteroatoms. The van der Waals surface area contributed by atoms with Crippen LogP contribution in [0.3, 0.4) is 0 Å². The SMILES string of the molecule is COCCn1cnc2c(N3CCN(c4ccc5nnc(C(F)(F)F)n5n4)CC3)ncnc21. The van der Waals surface area contributed by atoms with Crippen LogP contribution in [0.5, 0.6) is 0 Å². The first-order valence-electron chi connectivity index (χ1n) is 9.90. The molecule has 4 aromatic rings. The highest BCUT2D eigenvalue weighted by Gasteiger charge is 2.38. The second kappa shape index (κ2) is 7.85. The second-order valence-electron chi connectivity index (χ2n) is 7.26. The first-order valence-corrected chi connectivity index (χ1v) is 9.90. The molecule has 0 spiro atoms. The second-order valence-corrected chi connectivity index (χ2v) is 7.26. The Morgan fingerprint density at radius 2 is 1.78 bits per heavy atom. The average Bonchev–Trinajstić information content (AvgIpc) is 3.41. The summed E-state index contributed by atoms with van der Waals surface area (Å²) in [6, 6.07) is 3.14. The van der Waals surface area contributed by atoms with E-state index >= 15 is 0 Å². The normalized spacial score (nSPS) is 15.2. The van der Waals surface area contributed by atoms with Crippen LogP contribution in [0, 0.1) is 0 Å². The van der Waals surface area contributed by atoms with E-state index in [1.807, 2.05) is 9.47 Å². The summed E-state index contributed by atoms with van der Waals surface area (Å²) in [6.07, 6.45) is -1.40. The molecule has 0 unspecified atom stereocenters. The van der Waals surface area contributed by atoms with Crippen LogP contribution in [-0.2, 0) is 17.5 Å². The van der Waals surface area contributed by atoms with Gasteiger partial charge in [-0.3, -0.25) is 0 Å². The third-order valence-electron chi connectivity index (χ3n) is 5.32. The van der Waals surface area contributed by atoms with Crippen LogP contribution in [0.2, 0.25) is 0 Å². The van der Waals surface area contributed by atoms with Crippen molar-refractivity contribution in [1.82, 2.24) is 39.3 Å². The monoisotopic (exact) mass is 448 g/mol. The summed E-state index contributed by atoms with van der Waals surface area (Å²) in [5.74, 6) is 0.0203. The molecule has 1 saturated heterocycles. The predicted octanol–water partition coefficient (Wildman–Crippen LogP) is 1.26. The van der Waals surface area contributed by atoms with Gasteiger partial charge in [0.05, 0.1) is 12.9 Å². The summed E-state index contributed by atoms with van der Waals surface area (Å²) in [7, 11) is 1.64. The molecule has 0 atom stereocenters. The predicted molar refractivity (Wildman–Crippen MR) is 107 cm³/mol. The van der Waals surface area contributed by atoms with E-state index in [-0.39, 0.29) is 5.65 Å². The van der Waals surface area contributed by atoms with Gasteiger partial charge in [0.2, 0.25) is 0 Å². The van der Waals surface area contributed by atoms with Crippen molar-refractivity contribution < 1.29 is 17.9 Å². The molecule has 5 rings (SSSR count). The van der Waals surface area contributed by atoms with Crippen LogP contribution in [0.1, 0.15) is 5.82 Å². The fraction of sp³-hybridized carbons (Fsp3) is 0.444. The van der Waals surface area contributed by atoms with Crippen LogP contribution < -0.4 is 9.80 Å². The number of rotatable bonds is 5. The fourth-order valence-corrected chi connectivity index (χ4v) is 3.72. The van der Waals surface area contributed by atoms with Gasteiger partial charge in [0.25, 0.3) is 5.82 Å². The molecule has 0 bridgehead atoms. The van der Waals surface area contributed by atoms with Crippen molar-refractivity contribution in [3.05, 3.63) is 30.6 Å². The molecule has 0 aromatic carbocycles. The summed E-state index contributed by atoms with van der Waals surface area (Å²) in [5.41, 5.74) is 1.48. The third-order valence-corrected chi connectivity index (χ3v) is 5.32. The van der Waals surface area contributed by atoms with E-state index in [0.29, 0.717) is 50.7 Å². The number of imidazole rings is 1. The molecule has 4 aromatic heterocycles. The van der Waals surface area contributed by atoms with Crippen LogP contribution in [0.4, 0.5) is 24.8 Å². The highest BCUT2D eigenvalue weighted by Crippen LogP contribution is 2.28. The molecule has 0 saturated carbocycles. The zero-order chi connectivity index (χ0) is 22.3. The summed E-state index contributed by atoms with van der Waals surface area (Å²) in [6.45, 7) is 3.49. The third kappa shape index (κ3) is 3.55. The number of aromatic nitrogens is 8. The van der Waals surface area contributed by atoms with Crippen LogP contribution in [0.15, 0.2) is 24.8 Å². The smallest absolute Gasteiger partial charge is 0.383 e. The van der Waals surface area contributed by atoms with Crippen LogP contribution >= 0.6 is 0 Å². The Morgan fingerprint density at radius 1 is 1.00 bits per heavy atom. The number of ether oxygens (including phenoxy) is 1. The van der Waals surface area contributed by atoms with E-state index in [1.54, 1.807) is 19.5 Å². The number of hydrogen-bond donors (Lipinski definition) is 0. The Bertz CT molecular complexity index is 1240. The Kier molecular flexibility index (Phi) is 5.00. The van der Waals surface area contributed by atoms with Gasteiger partial charge in [-0.05, 0) is 12.1 Å². The molecule has 0 amide bonds. The molecule has 1 aliphatic rings. The number of alkyl halides is 3. The highest BCUT2D eigenvalue weighted by molar-refractivity contribution is 5.83. The van der Waals surface area contributed by atoms with Gasteiger partial charge in [-0.2, -0.15) is 17.7 Å². The van der Waals surface area contributed by atoms with E-state index in [1.165, 1.54) is 12.4 Å². The number of hydrogen-bond acceptors (Lipinski definition) is 9. The summed E-state index contributed by atoms with van der Waals surface area (Å²) < 4.78 is 47.2. The molecule has 168 valence electrons. The van der Waals surface area contributed by atoms with E-state index in [0.717, 1.165) is 16.0 Å². The van der Waals surface area contributed by atoms with Crippen molar-refractivity contribution in [2.24, 2.45) is 0 Å². The molecule has 0 N–H and O–H groups in total. The van der Waals surface area contributed by atoms with Gasteiger partial charge in [0, 0.05) is 39.8 Å². The molecule has 1 fully saturated rings. The number of anilines is 2. The number of piperazine rings is 1. The lowest BCUT2D eigenvalue weighted by Crippen LogP contribution is -2.47. The van der Waals surface area contributed by atoms with Gasteiger partial charge >= 0.3 is 6.18 Å². The Hall–Kier alpha value is -3.55. The van der Waals surface area contributed by atoms with Crippen molar-refractivity contribution in [2.45, 2.75) is 12.7 Å². The highest BCUT2D eigenvalue weighted by atomic mass is 19.4. The number of nitrogens with zero attached hydrogens (tertiary/aromatic N) is 10. The first-order chi connectivity index (χ1) is 15.5. The summed E-state index contributed by atoms with van der Waals surface area (Å²) >= 11 is 0. The van der Waals surface area contributed by atoms with E-state index in [4.69, 9.17) is 4.74 Å². The largest absolute Gasteiger partial charge is 0.453 e. The Morgan fingerprint density at radius 3 is 2.53 bits per heavy atom. The minimum Gasteiger partial charge on any atom is -0.383 e. The van der Waals surface area contributed by atoms with Gasteiger partial charge in [-0.1, -0.05) is 0 Å². The minimum atomic E-state index is -4.63. The van der Waals surface area contributed by atoms with Gasteiger partial charge in [0.1, 0.15) is 12.1 Å². The molecular weight excluding hydrogens is 429 g/mol. The fourth-order valence-electron chi connectivity index (χ4n) is 3.72. The Labute approximate surface area is 179 Å². The summed E-state index contributed by atoms with van der Waals surface area (Å²) in [4.78, 5) is 17.3. The first kappa shape index (κ1) is 20.4. The maximum Gasteiger partial charge on any atom is 0.453 e. The molecule has 11 nitrogen and oxygen atoms in total. The minimum absolute atomic E-state index is 0.0483. The van der Waals surface area contributed by atoms with Gasteiger partial charge < -0.3 is 19.1 Å². The van der Waals surface area contributed by atoms with Crippen LogP contribution in [-0.4, -0.2) is 79.2 Å². The molecule has 1 aliphatic heterocycles. The van der Waals surface area contributed by atoms with Gasteiger partial charge in [0.15, 0.2) is 22.6 Å². The molecule has 5 heterocycles. The standard InChI is InChI=1S/C18H19F3N10O/c1-32-9-8-30-11-24-14-15(22-10-23-16(14)30)29-6-4-28(5-7-29)13-3-2-12-25-26-17(18(19,20)21)31(12)27-13/h2-3,10-11H,4-9H2,1H3. The van der Waals surface area contributed by atoms with E-state index in [2.05, 4.69) is 35.1 Å². The topological polar surface area (TPSA) is 102 Å². The lowest BCUT2D eigenvalue weighted by atomic mass is 10.3. The van der Waals surface area contributed by atoms with Crippen molar-refractivity contribution in [3.8, 4) is 0 Å². The van der Waals surface area contributed by atoms with Gasteiger partial charge in [-0.15, -0.1) is 15.3 Å². The molecule has 0 aliphatic carbocycles. The lowest BCUT2D eigenvalue weighted by Gasteiger charge is -2.35. The number of fused-ring (bicyclic) bond motifs is 2. The lowest BCUT2D eigenvalue weighted by molar-refractivity contribution is -0.146. The molecule has 0 radical (unpaired) electrons. The average molecular weight is 448 g/mol. The number of methoxy groups -OCH3 is 1. The van der Waals surface area contributed by atoms with Crippen molar-refractivity contribution >= 4 is 28.4 Å². The maximum atomic E-state index is 13.2. The van der Waals surface area contributed by atoms with Crippen molar-refractivity contribution in [2.75, 3.05) is 49.7 Å². The van der Waals surface area contributed by atoms with E-state index in [9.17, 15) is 13.2 Å². The zero-order valence-corrected chi connectivity index (χ0v) is 17.1. The molecule has 32 heavy (non-hydrogen) atoms.